The largest absolute Gasteiger partial charge is 0.379 e. The Morgan fingerprint density at radius 2 is 2.08 bits per heavy atom. The van der Waals surface area contributed by atoms with Gasteiger partial charge >= 0.3 is 0 Å². The molecule has 0 bridgehead atoms. The lowest BCUT2D eigenvalue weighted by Crippen LogP contribution is -2.33. The van der Waals surface area contributed by atoms with Crippen LogP contribution >= 0.6 is 23.1 Å². The van der Waals surface area contributed by atoms with Crippen LogP contribution in [-0.4, -0.2) is 53.5 Å². The van der Waals surface area contributed by atoms with Gasteiger partial charge in [0, 0.05) is 17.4 Å². The van der Waals surface area contributed by atoms with Crippen molar-refractivity contribution in [1.29, 1.82) is 0 Å². The van der Waals surface area contributed by atoms with Gasteiger partial charge in [-0.1, -0.05) is 6.92 Å². The van der Waals surface area contributed by atoms with Crippen LogP contribution in [-0.2, 0) is 18.9 Å². The van der Waals surface area contributed by atoms with E-state index in [1.807, 2.05) is 20.1 Å². The number of thiophene rings is 1. The second-order valence-electron chi connectivity index (χ2n) is 6.98. The number of fused-ring (bicyclic) bond motifs is 2. The van der Waals surface area contributed by atoms with Gasteiger partial charge in [-0.2, -0.15) is 0 Å². The van der Waals surface area contributed by atoms with Gasteiger partial charge in [0.1, 0.15) is 35.8 Å². The predicted molar refractivity (Wildman–Crippen MR) is 102 cm³/mol. The highest BCUT2D eigenvalue weighted by molar-refractivity contribution is 7.98. The van der Waals surface area contributed by atoms with Crippen molar-refractivity contribution in [2.45, 2.75) is 62.4 Å². The summed E-state index contributed by atoms with van der Waals surface area (Å²) in [6.45, 7) is 7.23. The average Bonchev–Trinajstić information content (AvgIpc) is 3.26. The van der Waals surface area contributed by atoms with Crippen molar-refractivity contribution in [2.24, 2.45) is 0 Å². The SMILES string of the molecule is CCCOCC1OC(c2scc3c(SC)ncnc23)C2OC(C)(C)OC12. The molecule has 2 fully saturated rings. The molecule has 0 spiro atoms. The molecule has 2 saturated heterocycles. The van der Waals surface area contributed by atoms with E-state index in [2.05, 4.69) is 22.3 Å². The average molecular weight is 397 g/mol. The molecule has 2 aromatic heterocycles. The number of thioether (sulfide) groups is 1. The van der Waals surface area contributed by atoms with E-state index in [1.54, 1.807) is 29.4 Å². The van der Waals surface area contributed by atoms with E-state index >= 15 is 0 Å². The summed E-state index contributed by atoms with van der Waals surface area (Å²) in [5.41, 5.74) is 0.946. The van der Waals surface area contributed by atoms with E-state index < -0.39 is 5.79 Å². The van der Waals surface area contributed by atoms with Gasteiger partial charge in [0.15, 0.2) is 5.79 Å². The molecule has 0 saturated carbocycles. The maximum absolute atomic E-state index is 6.36. The zero-order valence-electron chi connectivity index (χ0n) is 15.4. The predicted octanol–water partition coefficient (Wildman–Crippen LogP) is 3.80. The molecular formula is C18H24N2O4S2. The Morgan fingerprint density at radius 3 is 2.85 bits per heavy atom. The normalized spacial score (nSPS) is 30.2. The van der Waals surface area contributed by atoms with Crippen molar-refractivity contribution in [3.63, 3.8) is 0 Å². The van der Waals surface area contributed by atoms with Crippen LogP contribution in [0, 0.1) is 0 Å². The number of hydrogen-bond donors (Lipinski definition) is 0. The summed E-state index contributed by atoms with van der Waals surface area (Å²) in [6, 6.07) is 0. The van der Waals surface area contributed by atoms with Crippen molar-refractivity contribution < 1.29 is 18.9 Å². The van der Waals surface area contributed by atoms with Crippen LogP contribution in [0.5, 0.6) is 0 Å². The third kappa shape index (κ3) is 3.27. The first-order chi connectivity index (χ1) is 12.5. The highest BCUT2D eigenvalue weighted by Gasteiger charge is 2.56. The first-order valence-electron chi connectivity index (χ1n) is 8.89. The van der Waals surface area contributed by atoms with Crippen molar-refractivity contribution in [1.82, 2.24) is 9.97 Å². The Bertz CT molecular complexity index is 782. The van der Waals surface area contributed by atoms with Crippen molar-refractivity contribution in [3.8, 4) is 0 Å². The fourth-order valence-corrected chi connectivity index (χ4v) is 5.26. The van der Waals surface area contributed by atoms with Gasteiger partial charge < -0.3 is 18.9 Å². The van der Waals surface area contributed by atoms with E-state index in [1.165, 1.54) is 0 Å². The molecule has 4 rings (SSSR count). The lowest BCUT2D eigenvalue weighted by atomic mass is 10.1. The molecule has 0 aliphatic carbocycles. The van der Waals surface area contributed by atoms with Crippen LogP contribution < -0.4 is 0 Å². The van der Waals surface area contributed by atoms with E-state index in [-0.39, 0.29) is 24.4 Å². The summed E-state index contributed by atoms with van der Waals surface area (Å²) in [4.78, 5) is 9.96. The van der Waals surface area contributed by atoms with E-state index in [9.17, 15) is 0 Å². The highest BCUT2D eigenvalue weighted by Crippen LogP contribution is 2.48. The van der Waals surface area contributed by atoms with Crippen LogP contribution in [0.25, 0.3) is 10.9 Å². The van der Waals surface area contributed by atoms with Crippen molar-refractivity contribution in [3.05, 3.63) is 16.6 Å². The zero-order valence-corrected chi connectivity index (χ0v) is 17.1. The second-order valence-corrected chi connectivity index (χ2v) is 8.69. The molecule has 2 aliphatic rings. The maximum Gasteiger partial charge on any atom is 0.164 e. The van der Waals surface area contributed by atoms with Crippen LogP contribution in [0.1, 0.15) is 38.2 Å². The lowest BCUT2D eigenvalue weighted by molar-refractivity contribution is -0.192. The smallest absolute Gasteiger partial charge is 0.164 e. The summed E-state index contributed by atoms with van der Waals surface area (Å²) in [5.74, 6) is -0.618. The fourth-order valence-electron chi connectivity index (χ4n) is 3.60. The molecule has 26 heavy (non-hydrogen) atoms. The topological polar surface area (TPSA) is 62.7 Å². The molecule has 2 aromatic rings. The van der Waals surface area contributed by atoms with Crippen LogP contribution in [0.2, 0.25) is 0 Å². The third-order valence-electron chi connectivity index (χ3n) is 4.62. The minimum Gasteiger partial charge on any atom is -0.379 e. The lowest BCUT2D eigenvalue weighted by Gasteiger charge is -2.24. The van der Waals surface area contributed by atoms with Gasteiger partial charge in [-0.3, -0.25) is 0 Å². The van der Waals surface area contributed by atoms with Crippen molar-refractivity contribution in [2.75, 3.05) is 19.5 Å². The number of nitrogens with zero attached hydrogens (tertiary/aromatic N) is 2. The van der Waals surface area contributed by atoms with Crippen LogP contribution in [0.3, 0.4) is 0 Å². The Labute approximate surface area is 161 Å². The Balaban J connectivity index is 1.65. The Morgan fingerprint density at radius 1 is 1.27 bits per heavy atom. The standard InChI is InChI=1S/C18H24N2O4S2/c1-5-6-21-7-11-13-14(24-18(2,3)23-13)15(22-11)16-12-10(8-26-16)17(25-4)20-9-19-12/h8-9,11,13-15H,5-7H2,1-4H3. The highest BCUT2D eigenvalue weighted by atomic mass is 32.2. The molecule has 6 nitrogen and oxygen atoms in total. The second kappa shape index (κ2) is 7.33. The molecular weight excluding hydrogens is 372 g/mol. The van der Waals surface area contributed by atoms with Gasteiger partial charge in [0.05, 0.1) is 17.0 Å². The van der Waals surface area contributed by atoms with Gasteiger partial charge in [0.2, 0.25) is 0 Å². The molecule has 4 unspecified atom stereocenters. The molecule has 142 valence electrons. The molecule has 2 aliphatic heterocycles. The van der Waals surface area contributed by atoms with Crippen LogP contribution in [0.4, 0.5) is 0 Å². The third-order valence-corrected chi connectivity index (χ3v) is 6.36. The molecule has 4 atom stereocenters. The summed E-state index contributed by atoms with van der Waals surface area (Å²) in [5, 5.41) is 4.17. The van der Waals surface area contributed by atoms with Crippen molar-refractivity contribution >= 4 is 34.0 Å². The minimum absolute atomic E-state index is 0.133. The first kappa shape index (κ1) is 18.6. The molecule has 0 amide bonds. The molecule has 4 heterocycles. The molecule has 0 aromatic carbocycles. The molecule has 0 N–H and O–H groups in total. The summed E-state index contributed by atoms with van der Waals surface area (Å²) < 4.78 is 24.5. The number of aromatic nitrogens is 2. The van der Waals surface area contributed by atoms with Gasteiger partial charge in [-0.05, 0) is 26.5 Å². The van der Waals surface area contributed by atoms with E-state index in [4.69, 9.17) is 18.9 Å². The maximum atomic E-state index is 6.36. The zero-order chi connectivity index (χ0) is 18.3. The summed E-state index contributed by atoms with van der Waals surface area (Å²) >= 11 is 3.28. The first-order valence-corrected chi connectivity index (χ1v) is 11.0. The minimum atomic E-state index is -0.618. The summed E-state index contributed by atoms with van der Waals surface area (Å²) in [6.07, 6.45) is 3.99. The van der Waals surface area contributed by atoms with E-state index in [0.29, 0.717) is 6.61 Å². The number of rotatable bonds is 6. The van der Waals surface area contributed by atoms with Gasteiger partial charge in [0.25, 0.3) is 0 Å². The van der Waals surface area contributed by atoms with Crippen LogP contribution in [0.15, 0.2) is 16.7 Å². The van der Waals surface area contributed by atoms with Gasteiger partial charge in [-0.15, -0.1) is 23.1 Å². The fraction of sp³-hybridized carbons (Fsp3) is 0.667. The summed E-state index contributed by atoms with van der Waals surface area (Å²) in [7, 11) is 0. The van der Waals surface area contributed by atoms with E-state index in [0.717, 1.165) is 33.8 Å². The van der Waals surface area contributed by atoms with Gasteiger partial charge in [-0.25, -0.2) is 9.97 Å². The quantitative estimate of drug-likeness (QED) is 0.418. The number of hydrogen-bond acceptors (Lipinski definition) is 8. The monoisotopic (exact) mass is 396 g/mol. The molecule has 0 radical (unpaired) electrons. The molecule has 8 heteroatoms. The Hall–Kier alpha value is -0.770. The number of ether oxygens (including phenoxy) is 4. The Kier molecular flexibility index (Phi) is 5.24.